The van der Waals surface area contributed by atoms with Gasteiger partial charge in [-0.1, -0.05) is 25.0 Å². The largest absolute Gasteiger partial charge is 0.388 e. The minimum Gasteiger partial charge on any atom is -0.388 e. The molecule has 23 heavy (non-hydrogen) atoms. The summed E-state index contributed by atoms with van der Waals surface area (Å²) < 4.78 is 13.3. The Morgan fingerprint density at radius 2 is 2.00 bits per heavy atom. The van der Waals surface area contributed by atoms with Crippen molar-refractivity contribution in [2.75, 3.05) is 13.1 Å². The lowest BCUT2D eigenvalue weighted by atomic mass is 10.0. The summed E-state index contributed by atoms with van der Waals surface area (Å²) in [7, 11) is 0. The van der Waals surface area contributed by atoms with E-state index >= 15 is 0 Å². The summed E-state index contributed by atoms with van der Waals surface area (Å²) in [5.41, 5.74) is 0.990. The number of nitrogens with zero attached hydrogens (tertiary/aromatic N) is 1. The summed E-state index contributed by atoms with van der Waals surface area (Å²) >= 11 is 0. The van der Waals surface area contributed by atoms with Gasteiger partial charge in [0.15, 0.2) is 5.96 Å². The first-order chi connectivity index (χ1) is 10.5. The third-order valence-electron chi connectivity index (χ3n) is 4.11. The van der Waals surface area contributed by atoms with Gasteiger partial charge >= 0.3 is 0 Å². The Morgan fingerprint density at radius 3 is 2.61 bits per heavy atom. The Balaban J connectivity index is 0.00000264. The van der Waals surface area contributed by atoms with Crippen LogP contribution >= 0.6 is 24.0 Å². The van der Waals surface area contributed by atoms with Gasteiger partial charge in [0.25, 0.3) is 0 Å². The SMILES string of the molecule is CCNC(=NCc1ccc(F)c(C)c1)NCC1(O)CCCC1.I. The first kappa shape index (κ1) is 20.2. The molecule has 0 spiro atoms. The van der Waals surface area contributed by atoms with Crippen LogP contribution in [0.5, 0.6) is 0 Å². The monoisotopic (exact) mass is 435 g/mol. The van der Waals surface area contributed by atoms with E-state index in [-0.39, 0.29) is 29.8 Å². The average Bonchev–Trinajstić information content (AvgIpc) is 2.93. The standard InChI is InChI=1S/C17H26FN3O.HI/c1-3-19-16(21-12-17(22)8-4-5-9-17)20-11-14-6-7-15(18)13(2)10-14;/h6-7,10,22H,3-5,8-9,11-12H2,1-2H3,(H2,19,20,21);1H. The van der Waals surface area contributed by atoms with E-state index in [0.29, 0.717) is 24.6 Å². The number of hydrogen-bond donors (Lipinski definition) is 3. The van der Waals surface area contributed by atoms with Crippen molar-refractivity contribution in [3.63, 3.8) is 0 Å². The van der Waals surface area contributed by atoms with Crippen LogP contribution in [-0.4, -0.2) is 29.8 Å². The zero-order valence-electron chi connectivity index (χ0n) is 13.9. The fourth-order valence-corrected chi connectivity index (χ4v) is 2.78. The second-order valence-electron chi connectivity index (χ2n) is 6.06. The lowest BCUT2D eigenvalue weighted by Gasteiger charge is -2.23. The van der Waals surface area contributed by atoms with Gasteiger partial charge < -0.3 is 15.7 Å². The zero-order valence-corrected chi connectivity index (χ0v) is 16.2. The maximum absolute atomic E-state index is 13.3. The van der Waals surface area contributed by atoms with Crippen molar-refractivity contribution in [3.05, 3.63) is 35.1 Å². The average molecular weight is 435 g/mol. The van der Waals surface area contributed by atoms with Crippen LogP contribution in [0.15, 0.2) is 23.2 Å². The van der Waals surface area contributed by atoms with Crippen LogP contribution in [0.4, 0.5) is 4.39 Å². The molecule has 4 nitrogen and oxygen atoms in total. The number of aliphatic imine (C=N–C) groups is 1. The van der Waals surface area contributed by atoms with E-state index in [1.807, 2.05) is 13.0 Å². The predicted octanol–water partition coefficient (Wildman–Crippen LogP) is 3.11. The number of rotatable bonds is 5. The summed E-state index contributed by atoms with van der Waals surface area (Å²) in [5.74, 6) is 0.492. The maximum atomic E-state index is 13.3. The van der Waals surface area contributed by atoms with Crippen LogP contribution in [0.2, 0.25) is 0 Å². The van der Waals surface area contributed by atoms with Crippen LogP contribution in [0, 0.1) is 12.7 Å². The highest BCUT2D eigenvalue weighted by molar-refractivity contribution is 14.0. The molecule has 2 rings (SSSR count). The Morgan fingerprint density at radius 1 is 1.30 bits per heavy atom. The first-order valence-corrected chi connectivity index (χ1v) is 8.02. The van der Waals surface area contributed by atoms with Crippen molar-refractivity contribution in [1.82, 2.24) is 10.6 Å². The van der Waals surface area contributed by atoms with Gasteiger partial charge in [0.2, 0.25) is 0 Å². The number of aryl methyl sites for hydroxylation is 1. The Bertz CT molecular complexity index is 531. The van der Waals surface area contributed by atoms with Crippen LogP contribution < -0.4 is 10.6 Å². The predicted molar refractivity (Wildman–Crippen MR) is 103 cm³/mol. The molecule has 1 aliphatic carbocycles. The molecule has 1 aliphatic rings. The van der Waals surface area contributed by atoms with Gasteiger partial charge in [-0.15, -0.1) is 24.0 Å². The van der Waals surface area contributed by atoms with E-state index in [0.717, 1.165) is 37.8 Å². The molecule has 0 aliphatic heterocycles. The summed E-state index contributed by atoms with van der Waals surface area (Å²) in [4.78, 5) is 4.51. The van der Waals surface area contributed by atoms with Crippen LogP contribution in [0.25, 0.3) is 0 Å². The minimum absolute atomic E-state index is 0. The number of halogens is 2. The van der Waals surface area contributed by atoms with E-state index in [4.69, 9.17) is 0 Å². The molecule has 0 aromatic heterocycles. The van der Waals surface area contributed by atoms with Gasteiger partial charge in [0.05, 0.1) is 12.1 Å². The molecule has 1 aromatic rings. The molecule has 3 N–H and O–H groups in total. The molecule has 130 valence electrons. The third kappa shape index (κ3) is 6.25. The summed E-state index contributed by atoms with van der Waals surface area (Å²) in [6, 6.07) is 5.04. The molecule has 0 amide bonds. The summed E-state index contributed by atoms with van der Waals surface area (Å²) in [6.45, 7) is 5.51. The van der Waals surface area contributed by atoms with Crippen molar-refractivity contribution in [1.29, 1.82) is 0 Å². The molecule has 6 heteroatoms. The number of aliphatic hydroxyl groups is 1. The van der Waals surface area contributed by atoms with Crippen molar-refractivity contribution in [2.24, 2.45) is 4.99 Å². The molecule has 0 bridgehead atoms. The molecule has 0 atom stereocenters. The van der Waals surface area contributed by atoms with Gasteiger partial charge in [-0.25, -0.2) is 9.38 Å². The minimum atomic E-state index is -0.608. The van der Waals surface area contributed by atoms with Crippen molar-refractivity contribution in [2.45, 2.75) is 51.7 Å². The first-order valence-electron chi connectivity index (χ1n) is 8.02. The number of hydrogen-bond acceptors (Lipinski definition) is 2. The van der Waals surface area contributed by atoms with E-state index in [2.05, 4.69) is 15.6 Å². The molecule has 0 saturated heterocycles. The van der Waals surface area contributed by atoms with Gasteiger partial charge in [0, 0.05) is 13.1 Å². The van der Waals surface area contributed by atoms with E-state index < -0.39 is 5.60 Å². The van der Waals surface area contributed by atoms with Crippen LogP contribution in [0.1, 0.15) is 43.7 Å². The van der Waals surface area contributed by atoms with Gasteiger partial charge in [-0.05, 0) is 43.9 Å². The van der Waals surface area contributed by atoms with E-state index in [1.165, 1.54) is 6.07 Å². The molecule has 0 heterocycles. The second-order valence-corrected chi connectivity index (χ2v) is 6.06. The number of nitrogens with one attached hydrogen (secondary N) is 2. The number of benzene rings is 1. The quantitative estimate of drug-likeness (QED) is 0.379. The normalized spacial score (nSPS) is 16.8. The topological polar surface area (TPSA) is 56.7 Å². The molecule has 1 aromatic carbocycles. The lowest BCUT2D eigenvalue weighted by molar-refractivity contribution is 0.0522. The number of guanidine groups is 1. The van der Waals surface area contributed by atoms with Crippen molar-refractivity contribution in [3.8, 4) is 0 Å². The van der Waals surface area contributed by atoms with Crippen LogP contribution in [-0.2, 0) is 6.54 Å². The second kappa shape index (κ2) is 9.42. The highest BCUT2D eigenvalue weighted by atomic mass is 127. The van der Waals surface area contributed by atoms with Gasteiger partial charge in [-0.3, -0.25) is 0 Å². The zero-order chi connectivity index (χ0) is 16.0. The summed E-state index contributed by atoms with van der Waals surface area (Å²) in [6.07, 6.45) is 3.86. The van der Waals surface area contributed by atoms with Crippen LogP contribution in [0.3, 0.4) is 0 Å². The Hall–Kier alpha value is -0.890. The molecular weight excluding hydrogens is 408 g/mol. The Labute approximate surface area is 155 Å². The maximum Gasteiger partial charge on any atom is 0.191 e. The fourth-order valence-electron chi connectivity index (χ4n) is 2.78. The summed E-state index contributed by atoms with van der Waals surface area (Å²) in [5, 5.41) is 16.8. The fraction of sp³-hybridized carbons (Fsp3) is 0.588. The molecule has 1 saturated carbocycles. The lowest BCUT2D eigenvalue weighted by Crippen LogP contribution is -2.46. The molecule has 0 unspecified atom stereocenters. The molecular formula is C17H27FIN3O. The highest BCUT2D eigenvalue weighted by Crippen LogP contribution is 2.28. The van der Waals surface area contributed by atoms with Crippen molar-refractivity contribution < 1.29 is 9.50 Å². The third-order valence-corrected chi connectivity index (χ3v) is 4.11. The molecule has 1 fully saturated rings. The van der Waals surface area contributed by atoms with Gasteiger partial charge in [0.1, 0.15) is 5.82 Å². The van der Waals surface area contributed by atoms with E-state index in [1.54, 1.807) is 13.0 Å². The van der Waals surface area contributed by atoms with Crippen molar-refractivity contribution >= 4 is 29.9 Å². The smallest absolute Gasteiger partial charge is 0.191 e. The highest BCUT2D eigenvalue weighted by Gasteiger charge is 2.30. The Kier molecular flexibility index (Phi) is 8.25. The van der Waals surface area contributed by atoms with Gasteiger partial charge in [-0.2, -0.15) is 0 Å². The molecule has 0 radical (unpaired) electrons. The van der Waals surface area contributed by atoms with E-state index in [9.17, 15) is 9.50 Å².